The van der Waals surface area contributed by atoms with Crippen molar-refractivity contribution in [1.29, 1.82) is 0 Å². The molecule has 0 spiro atoms. The lowest BCUT2D eigenvalue weighted by Crippen LogP contribution is -2.25. The minimum atomic E-state index is -0.108. The van der Waals surface area contributed by atoms with Gasteiger partial charge in [0.1, 0.15) is 5.82 Å². The Hall–Kier alpha value is -1.09. The van der Waals surface area contributed by atoms with Crippen LogP contribution in [0.5, 0.6) is 0 Å². The van der Waals surface area contributed by atoms with E-state index in [1.54, 1.807) is 6.07 Å². The van der Waals surface area contributed by atoms with Crippen molar-refractivity contribution in [1.82, 2.24) is 5.32 Å². The highest BCUT2D eigenvalue weighted by molar-refractivity contribution is 5.56. The van der Waals surface area contributed by atoms with E-state index < -0.39 is 0 Å². The molecule has 2 rings (SSSR count). The molecule has 1 aromatic rings. The topological polar surface area (TPSA) is 15.3 Å². The molecule has 1 saturated carbocycles. The third kappa shape index (κ3) is 3.47. The monoisotopic (exact) mass is 264 g/mol. The van der Waals surface area contributed by atoms with E-state index in [1.807, 2.05) is 13.0 Å². The molecule has 1 aliphatic carbocycles. The van der Waals surface area contributed by atoms with Gasteiger partial charge in [0.15, 0.2) is 0 Å². The number of halogens is 1. The maximum atomic E-state index is 13.9. The summed E-state index contributed by atoms with van der Waals surface area (Å²) in [5, 5.41) is 3.38. The smallest absolute Gasteiger partial charge is 0.126 e. The number of hydrogen-bond donors (Lipinski definition) is 1. The highest BCUT2D eigenvalue weighted by Gasteiger charge is 2.24. The highest BCUT2D eigenvalue weighted by atomic mass is 19.1. The molecule has 1 unspecified atom stereocenters. The van der Waals surface area contributed by atoms with Crippen LogP contribution in [0, 0.1) is 18.7 Å². The van der Waals surface area contributed by atoms with Gasteiger partial charge in [0.05, 0.1) is 0 Å². The average Bonchev–Trinajstić information content (AvgIpc) is 3.16. The van der Waals surface area contributed by atoms with Crippen molar-refractivity contribution in [2.24, 2.45) is 5.92 Å². The summed E-state index contributed by atoms with van der Waals surface area (Å²) in [5.74, 6) is 0.723. The molecule has 19 heavy (non-hydrogen) atoms. The van der Waals surface area contributed by atoms with Crippen LogP contribution >= 0.6 is 0 Å². The van der Waals surface area contributed by atoms with Crippen molar-refractivity contribution in [2.45, 2.75) is 39.7 Å². The quantitative estimate of drug-likeness (QED) is 0.843. The zero-order valence-electron chi connectivity index (χ0n) is 12.5. The molecule has 2 nitrogen and oxygen atoms in total. The van der Waals surface area contributed by atoms with Crippen molar-refractivity contribution in [3.05, 3.63) is 29.1 Å². The van der Waals surface area contributed by atoms with E-state index in [2.05, 4.69) is 31.1 Å². The van der Waals surface area contributed by atoms with Crippen molar-refractivity contribution in [3.63, 3.8) is 0 Å². The Balaban J connectivity index is 2.29. The lowest BCUT2D eigenvalue weighted by atomic mass is 10.0. The lowest BCUT2D eigenvalue weighted by Gasteiger charge is -2.26. The van der Waals surface area contributed by atoms with Crippen LogP contribution in [0.3, 0.4) is 0 Å². The van der Waals surface area contributed by atoms with Gasteiger partial charge in [-0.3, -0.25) is 0 Å². The van der Waals surface area contributed by atoms with Crippen molar-refractivity contribution >= 4 is 5.69 Å². The van der Waals surface area contributed by atoms with Crippen LogP contribution in [0.15, 0.2) is 12.1 Å². The Morgan fingerprint density at radius 3 is 2.68 bits per heavy atom. The Kier molecular flexibility index (Phi) is 4.46. The van der Waals surface area contributed by atoms with Crippen LogP contribution in [-0.4, -0.2) is 20.1 Å². The van der Waals surface area contributed by atoms with Crippen molar-refractivity contribution < 1.29 is 4.39 Å². The predicted molar refractivity (Wildman–Crippen MR) is 79.2 cm³/mol. The van der Waals surface area contributed by atoms with E-state index in [1.165, 1.54) is 18.5 Å². The molecule has 1 N–H and O–H groups in total. The van der Waals surface area contributed by atoms with Crippen LogP contribution in [0.2, 0.25) is 0 Å². The zero-order chi connectivity index (χ0) is 14.0. The van der Waals surface area contributed by atoms with E-state index in [0.717, 1.165) is 30.1 Å². The van der Waals surface area contributed by atoms with Crippen LogP contribution in [0.1, 0.15) is 43.9 Å². The van der Waals surface area contributed by atoms with Gasteiger partial charge in [0, 0.05) is 25.3 Å². The number of nitrogens with one attached hydrogen (secondary N) is 1. The maximum Gasteiger partial charge on any atom is 0.126 e. The number of aryl methyl sites for hydroxylation is 1. The fourth-order valence-corrected chi connectivity index (χ4v) is 2.56. The third-order valence-corrected chi connectivity index (χ3v) is 3.92. The first-order chi connectivity index (χ1) is 9.02. The molecular formula is C16H25FN2. The fraction of sp³-hybridized carbons (Fsp3) is 0.625. The van der Waals surface area contributed by atoms with Crippen LogP contribution < -0.4 is 10.2 Å². The Labute approximate surface area is 116 Å². The van der Waals surface area contributed by atoms with E-state index in [-0.39, 0.29) is 11.9 Å². The molecule has 1 fully saturated rings. The molecule has 1 atom stereocenters. The highest BCUT2D eigenvalue weighted by Crippen LogP contribution is 2.34. The van der Waals surface area contributed by atoms with Gasteiger partial charge < -0.3 is 10.2 Å². The van der Waals surface area contributed by atoms with Gasteiger partial charge in [0.25, 0.3) is 0 Å². The second-order valence-corrected chi connectivity index (χ2v) is 5.76. The summed E-state index contributed by atoms with van der Waals surface area (Å²) >= 11 is 0. The van der Waals surface area contributed by atoms with Gasteiger partial charge in [-0.05, 0) is 62.4 Å². The Morgan fingerprint density at radius 1 is 1.42 bits per heavy atom. The second-order valence-electron chi connectivity index (χ2n) is 5.76. The Morgan fingerprint density at radius 2 is 2.11 bits per heavy atom. The summed E-state index contributed by atoms with van der Waals surface area (Å²) in [6.45, 7) is 7.99. The number of rotatable bonds is 6. The van der Waals surface area contributed by atoms with Crippen LogP contribution in [0.4, 0.5) is 10.1 Å². The van der Waals surface area contributed by atoms with Gasteiger partial charge in [-0.1, -0.05) is 6.92 Å². The summed E-state index contributed by atoms with van der Waals surface area (Å²) in [6, 6.07) is 3.86. The molecule has 106 valence electrons. The summed E-state index contributed by atoms with van der Waals surface area (Å²) in [6.07, 6.45) is 2.67. The molecule has 1 aliphatic rings. The zero-order valence-corrected chi connectivity index (χ0v) is 12.5. The van der Waals surface area contributed by atoms with Gasteiger partial charge in [-0.2, -0.15) is 0 Å². The fourth-order valence-electron chi connectivity index (χ4n) is 2.56. The summed E-state index contributed by atoms with van der Waals surface area (Å²) in [5.41, 5.74) is 2.96. The molecular weight excluding hydrogens is 239 g/mol. The number of anilines is 1. The number of hydrogen-bond acceptors (Lipinski definition) is 2. The lowest BCUT2D eigenvalue weighted by molar-refractivity contribution is 0.578. The molecule has 0 radical (unpaired) electrons. The molecule has 3 heteroatoms. The summed E-state index contributed by atoms with van der Waals surface area (Å²) in [7, 11) is 2.12. The molecule has 0 aliphatic heterocycles. The molecule has 0 saturated heterocycles. The Bertz CT molecular complexity index is 441. The standard InChI is InChI=1S/C16H25FN2/c1-5-18-12(3)14-9-15(17)11(2)8-16(14)19(4)10-13-6-7-13/h8-9,12-13,18H,5-7,10H2,1-4H3. The van der Waals surface area contributed by atoms with E-state index in [0.29, 0.717) is 0 Å². The normalized spacial score (nSPS) is 16.5. The molecule has 1 aromatic carbocycles. The number of benzene rings is 1. The van der Waals surface area contributed by atoms with E-state index >= 15 is 0 Å². The van der Waals surface area contributed by atoms with Crippen molar-refractivity contribution in [2.75, 3.05) is 25.0 Å². The van der Waals surface area contributed by atoms with Gasteiger partial charge in [-0.25, -0.2) is 4.39 Å². The summed E-state index contributed by atoms with van der Waals surface area (Å²) < 4.78 is 13.9. The van der Waals surface area contributed by atoms with E-state index in [4.69, 9.17) is 0 Å². The minimum absolute atomic E-state index is 0.108. The average molecular weight is 264 g/mol. The summed E-state index contributed by atoms with van der Waals surface area (Å²) in [4.78, 5) is 2.28. The largest absolute Gasteiger partial charge is 0.374 e. The number of nitrogens with zero attached hydrogens (tertiary/aromatic N) is 1. The van der Waals surface area contributed by atoms with Gasteiger partial charge in [0.2, 0.25) is 0 Å². The SMILES string of the molecule is CCNC(C)c1cc(F)c(C)cc1N(C)CC1CC1. The van der Waals surface area contributed by atoms with Crippen LogP contribution in [0.25, 0.3) is 0 Å². The first kappa shape index (κ1) is 14.3. The molecule has 0 heterocycles. The third-order valence-electron chi connectivity index (χ3n) is 3.92. The van der Waals surface area contributed by atoms with Gasteiger partial charge >= 0.3 is 0 Å². The maximum absolute atomic E-state index is 13.9. The predicted octanol–water partition coefficient (Wildman–Crippen LogP) is 3.65. The second kappa shape index (κ2) is 5.91. The van der Waals surface area contributed by atoms with Crippen molar-refractivity contribution in [3.8, 4) is 0 Å². The van der Waals surface area contributed by atoms with Gasteiger partial charge in [-0.15, -0.1) is 0 Å². The first-order valence-electron chi connectivity index (χ1n) is 7.27. The molecule has 0 amide bonds. The molecule has 0 bridgehead atoms. The van der Waals surface area contributed by atoms with E-state index in [9.17, 15) is 4.39 Å². The van der Waals surface area contributed by atoms with Crippen LogP contribution in [-0.2, 0) is 0 Å². The minimum Gasteiger partial charge on any atom is -0.374 e. The first-order valence-corrected chi connectivity index (χ1v) is 7.27. The molecule has 0 aromatic heterocycles.